The number of benzene rings is 2. The lowest BCUT2D eigenvalue weighted by Gasteiger charge is -2.44. The average molecular weight is 579 g/mol. The number of esters is 1. The van der Waals surface area contributed by atoms with Crippen LogP contribution in [0.4, 0.5) is 4.39 Å². The number of ketones is 1. The summed E-state index contributed by atoms with van der Waals surface area (Å²) in [5.41, 5.74) is 1.42. The second-order valence-corrected chi connectivity index (χ2v) is 12.3. The van der Waals surface area contributed by atoms with Crippen LogP contribution in [0.25, 0.3) is 10.9 Å². The number of halogens is 1. The van der Waals surface area contributed by atoms with Gasteiger partial charge in [0.1, 0.15) is 5.82 Å². The van der Waals surface area contributed by atoms with Crippen LogP contribution in [0.3, 0.4) is 0 Å². The van der Waals surface area contributed by atoms with Crippen molar-refractivity contribution < 1.29 is 28.3 Å². The van der Waals surface area contributed by atoms with Gasteiger partial charge in [-0.15, -0.1) is 0 Å². The van der Waals surface area contributed by atoms with Crippen LogP contribution in [0.5, 0.6) is 0 Å². The summed E-state index contributed by atoms with van der Waals surface area (Å²) in [7, 11) is 3.01. The number of fused-ring (bicyclic) bond motifs is 1. The lowest BCUT2D eigenvalue weighted by Crippen LogP contribution is -2.57. The Balaban J connectivity index is 1.65. The van der Waals surface area contributed by atoms with E-state index < -0.39 is 17.1 Å². The standard InChI is InChI=1S/C32H39FN4O5/c1-20-16-37(21(2)15-35(20)17-22-8-11-24(33)12-9-22)29(39)26-18-36(19-42-31(41)32(3,4)5)27-13-10-23(14-25(26)27)28(38)30(40)34(6)7/h8-14,18,20-21H,15-17,19H2,1-7H3/t20-,21+/m0/s1. The second-order valence-electron chi connectivity index (χ2n) is 12.3. The van der Waals surface area contributed by atoms with Crippen LogP contribution >= 0.6 is 0 Å². The highest BCUT2D eigenvalue weighted by molar-refractivity contribution is 6.43. The van der Waals surface area contributed by atoms with Gasteiger partial charge in [0.2, 0.25) is 5.78 Å². The summed E-state index contributed by atoms with van der Waals surface area (Å²) in [6, 6.07) is 11.1. The molecule has 0 aliphatic carbocycles. The van der Waals surface area contributed by atoms with Crippen molar-refractivity contribution in [2.45, 2.75) is 60.0 Å². The predicted molar refractivity (Wildman–Crippen MR) is 157 cm³/mol. The number of aromatic nitrogens is 1. The van der Waals surface area contributed by atoms with Crippen LogP contribution in [0.1, 0.15) is 60.9 Å². The number of rotatable bonds is 7. The molecular weight excluding hydrogens is 539 g/mol. The first-order valence-corrected chi connectivity index (χ1v) is 14.0. The molecule has 10 heteroatoms. The Morgan fingerprint density at radius 3 is 2.26 bits per heavy atom. The molecule has 0 radical (unpaired) electrons. The van der Waals surface area contributed by atoms with Gasteiger partial charge in [0.15, 0.2) is 6.73 Å². The minimum Gasteiger partial charge on any atom is -0.443 e. The number of Topliss-reactive ketones (excluding diaryl/α,β-unsaturated/α-hetero) is 1. The molecule has 1 fully saturated rings. The zero-order valence-corrected chi connectivity index (χ0v) is 25.3. The molecule has 42 heavy (non-hydrogen) atoms. The van der Waals surface area contributed by atoms with E-state index in [1.54, 1.807) is 61.9 Å². The van der Waals surface area contributed by atoms with E-state index in [1.807, 2.05) is 11.8 Å². The summed E-state index contributed by atoms with van der Waals surface area (Å²) in [6.07, 6.45) is 1.65. The fourth-order valence-corrected chi connectivity index (χ4v) is 5.07. The first-order chi connectivity index (χ1) is 19.7. The molecule has 1 aromatic heterocycles. The monoisotopic (exact) mass is 578 g/mol. The zero-order chi connectivity index (χ0) is 30.9. The molecule has 0 unspecified atom stereocenters. The van der Waals surface area contributed by atoms with Crippen molar-refractivity contribution in [3.8, 4) is 0 Å². The van der Waals surface area contributed by atoms with Gasteiger partial charge < -0.3 is 19.1 Å². The molecule has 0 N–H and O–H groups in total. The summed E-state index contributed by atoms with van der Waals surface area (Å²) in [5.74, 6) is -2.23. The molecule has 1 aliphatic heterocycles. The van der Waals surface area contributed by atoms with Gasteiger partial charge in [0.05, 0.1) is 16.5 Å². The summed E-state index contributed by atoms with van der Waals surface area (Å²) in [4.78, 5) is 57.1. The van der Waals surface area contributed by atoms with Gasteiger partial charge in [-0.1, -0.05) is 12.1 Å². The van der Waals surface area contributed by atoms with E-state index in [2.05, 4.69) is 11.8 Å². The van der Waals surface area contributed by atoms with E-state index in [-0.39, 0.29) is 42.1 Å². The van der Waals surface area contributed by atoms with Crippen molar-refractivity contribution in [3.05, 3.63) is 71.2 Å². The van der Waals surface area contributed by atoms with Crippen molar-refractivity contribution in [1.29, 1.82) is 0 Å². The van der Waals surface area contributed by atoms with E-state index in [1.165, 1.54) is 31.1 Å². The molecule has 4 rings (SSSR count). The van der Waals surface area contributed by atoms with Gasteiger partial charge in [-0.2, -0.15) is 0 Å². The lowest BCUT2D eigenvalue weighted by molar-refractivity contribution is -0.156. The number of hydrogen-bond acceptors (Lipinski definition) is 6. The largest absolute Gasteiger partial charge is 0.443 e. The molecule has 0 bridgehead atoms. The fraction of sp³-hybridized carbons (Fsp3) is 0.438. The molecule has 0 saturated carbocycles. The first-order valence-electron chi connectivity index (χ1n) is 14.0. The summed E-state index contributed by atoms with van der Waals surface area (Å²) < 4.78 is 20.6. The third-order valence-corrected chi connectivity index (χ3v) is 7.60. The summed E-state index contributed by atoms with van der Waals surface area (Å²) >= 11 is 0. The molecule has 3 aromatic rings. The van der Waals surface area contributed by atoms with Crippen LogP contribution in [0.15, 0.2) is 48.7 Å². The third kappa shape index (κ3) is 6.54. The topological polar surface area (TPSA) is 92.2 Å². The van der Waals surface area contributed by atoms with Crippen molar-refractivity contribution >= 4 is 34.5 Å². The Kier molecular flexibility index (Phi) is 8.87. The molecule has 9 nitrogen and oxygen atoms in total. The first kappa shape index (κ1) is 30.9. The molecule has 1 aliphatic rings. The number of carbonyl (C=O) groups is 4. The number of ether oxygens (including phenoxy) is 1. The van der Waals surface area contributed by atoms with Crippen LogP contribution in [0, 0.1) is 11.2 Å². The molecule has 2 aromatic carbocycles. The van der Waals surface area contributed by atoms with E-state index in [0.29, 0.717) is 36.1 Å². The van der Waals surface area contributed by atoms with Gasteiger partial charge in [-0.3, -0.25) is 24.1 Å². The van der Waals surface area contributed by atoms with Gasteiger partial charge >= 0.3 is 5.97 Å². The molecule has 0 spiro atoms. The SMILES string of the molecule is C[C@@H]1CN(Cc2ccc(F)cc2)[C@@H](C)CN1C(=O)c1cn(COC(=O)C(C)(C)C)c2ccc(C(=O)C(=O)N(C)C)cc12. The lowest BCUT2D eigenvalue weighted by atomic mass is 9.98. The Hall–Kier alpha value is -4.05. The molecule has 2 atom stereocenters. The maximum Gasteiger partial charge on any atom is 0.312 e. The van der Waals surface area contributed by atoms with E-state index in [9.17, 15) is 23.6 Å². The molecule has 1 saturated heterocycles. The summed E-state index contributed by atoms with van der Waals surface area (Å²) in [6.45, 7) is 10.9. The van der Waals surface area contributed by atoms with Crippen molar-refractivity contribution in [3.63, 3.8) is 0 Å². The average Bonchev–Trinajstić information content (AvgIpc) is 3.30. The van der Waals surface area contributed by atoms with Crippen LogP contribution < -0.4 is 0 Å². The van der Waals surface area contributed by atoms with Crippen molar-refractivity contribution in [2.75, 3.05) is 27.2 Å². The summed E-state index contributed by atoms with van der Waals surface area (Å²) in [5, 5.41) is 0.498. The number of amides is 2. The Bertz CT molecular complexity index is 1510. The number of hydrogen-bond donors (Lipinski definition) is 0. The highest BCUT2D eigenvalue weighted by Crippen LogP contribution is 2.28. The van der Waals surface area contributed by atoms with Gasteiger partial charge in [0.25, 0.3) is 11.8 Å². The van der Waals surface area contributed by atoms with Crippen LogP contribution in [0.2, 0.25) is 0 Å². The fourth-order valence-electron chi connectivity index (χ4n) is 5.07. The number of carbonyl (C=O) groups excluding carboxylic acids is 4. The van der Waals surface area contributed by atoms with Crippen molar-refractivity contribution in [1.82, 2.24) is 19.3 Å². The van der Waals surface area contributed by atoms with Crippen LogP contribution in [-0.4, -0.2) is 82.1 Å². The van der Waals surface area contributed by atoms with E-state index in [4.69, 9.17) is 4.74 Å². The molecular formula is C32H39FN4O5. The van der Waals surface area contributed by atoms with E-state index >= 15 is 0 Å². The van der Waals surface area contributed by atoms with E-state index in [0.717, 1.165) is 5.56 Å². The Morgan fingerprint density at radius 2 is 1.64 bits per heavy atom. The number of likely N-dealkylation sites (N-methyl/N-ethyl adjacent to an activating group) is 1. The minimum atomic E-state index is -0.701. The number of nitrogens with zero attached hydrogens (tertiary/aromatic N) is 4. The second kappa shape index (κ2) is 12.1. The highest BCUT2D eigenvalue weighted by atomic mass is 19.1. The smallest absolute Gasteiger partial charge is 0.312 e. The minimum absolute atomic E-state index is 0.0335. The third-order valence-electron chi connectivity index (χ3n) is 7.60. The van der Waals surface area contributed by atoms with Gasteiger partial charge in [0, 0.05) is 63.0 Å². The normalized spacial score (nSPS) is 17.8. The predicted octanol–water partition coefficient (Wildman–Crippen LogP) is 4.33. The Labute approximate surface area is 245 Å². The van der Waals surface area contributed by atoms with Gasteiger partial charge in [-0.05, 0) is 70.5 Å². The maximum atomic E-state index is 14.1. The zero-order valence-electron chi connectivity index (χ0n) is 25.3. The van der Waals surface area contributed by atoms with Gasteiger partial charge in [-0.25, -0.2) is 4.39 Å². The molecule has 2 heterocycles. The van der Waals surface area contributed by atoms with Crippen molar-refractivity contribution in [2.24, 2.45) is 5.41 Å². The quantitative estimate of drug-likeness (QED) is 0.236. The van der Waals surface area contributed by atoms with Crippen LogP contribution in [-0.2, 0) is 27.6 Å². The Morgan fingerprint density at radius 1 is 0.976 bits per heavy atom. The maximum absolute atomic E-state index is 14.1. The molecule has 224 valence electrons. The number of piperazine rings is 1. The highest BCUT2D eigenvalue weighted by Gasteiger charge is 2.34. The molecule has 2 amide bonds.